The highest BCUT2D eigenvalue weighted by Gasteiger charge is 2.24. The molecule has 0 aliphatic heterocycles. The molecule has 0 heterocycles. The maximum atomic E-state index is 11.6. The van der Waals surface area contributed by atoms with Crippen molar-refractivity contribution in [2.24, 2.45) is 0 Å². The highest BCUT2D eigenvalue weighted by Crippen LogP contribution is 2.15. The van der Waals surface area contributed by atoms with Crippen molar-refractivity contribution in [3.63, 3.8) is 0 Å². The van der Waals surface area contributed by atoms with Crippen LogP contribution in [-0.4, -0.2) is 43.2 Å². The number of unbranched alkanes of at least 4 members (excludes halogenated alkanes) is 10. The zero-order chi connectivity index (χ0) is 20.4. The fourth-order valence-electron chi connectivity index (χ4n) is 3.69. The number of rotatable bonds is 19. The summed E-state index contributed by atoms with van der Waals surface area (Å²) in [5.74, 6) is -0.251. The first-order valence-corrected chi connectivity index (χ1v) is 11.7. The van der Waals surface area contributed by atoms with Crippen LogP contribution in [0.15, 0.2) is 12.2 Å². The third kappa shape index (κ3) is 13.9. The molecule has 0 N–H and O–H groups in total. The number of carbonyl (C=O) groups is 1. The van der Waals surface area contributed by atoms with Gasteiger partial charge in [-0.05, 0) is 33.1 Å². The van der Waals surface area contributed by atoms with Crippen LogP contribution in [0, 0.1) is 0 Å². The van der Waals surface area contributed by atoms with Gasteiger partial charge in [0.15, 0.2) is 0 Å². The zero-order valence-electron chi connectivity index (χ0n) is 19.0. The summed E-state index contributed by atoms with van der Waals surface area (Å²) in [6.07, 6.45) is 16.3. The Morgan fingerprint density at radius 3 is 1.70 bits per heavy atom. The predicted octanol–water partition coefficient (Wildman–Crippen LogP) is 6.66. The number of quaternary nitrogens is 1. The standard InChI is InChI=1S/C24H48NO2/c1-6-9-11-12-13-14-15-16-17-18-20-25(8-3,19-10-7-2)21-22-27-24(26)23(4)5/h4,6-22H2,1-3,5H3/q+1. The number of likely N-dealkylation sites (N-methyl/N-ethyl adjacent to an activating group) is 1. The van der Waals surface area contributed by atoms with Crippen LogP contribution in [-0.2, 0) is 9.53 Å². The Kier molecular flexibility index (Phi) is 16.7. The molecule has 0 aromatic heterocycles. The fraction of sp³-hybridized carbons (Fsp3) is 0.875. The second-order valence-electron chi connectivity index (χ2n) is 8.28. The van der Waals surface area contributed by atoms with E-state index < -0.39 is 0 Å². The first-order valence-electron chi connectivity index (χ1n) is 11.7. The van der Waals surface area contributed by atoms with E-state index in [1.54, 1.807) is 6.92 Å². The Hall–Kier alpha value is -0.830. The maximum absolute atomic E-state index is 11.6. The normalized spacial score (nSPS) is 13.3. The Morgan fingerprint density at radius 2 is 1.22 bits per heavy atom. The van der Waals surface area contributed by atoms with E-state index in [4.69, 9.17) is 4.74 Å². The quantitative estimate of drug-likeness (QED) is 0.108. The summed E-state index contributed by atoms with van der Waals surface area (Å²) in [7, 11) is 0. The first-order chi connectivity index (χ1) is 13.0. The molecule has 0 spiro atoms. The minimum absolute atomic E-state index is 0.251. The van der Waals surface area contributed by atoms with Crippen molar-refractivity contribution in [3.05, 3.63) is 12.2 Å². The van der Waals surface area contributed by atoms with Gasteiger partial charge in [-0.3, -0.25) is 0 Å². The van der Waals surface area contributed by atoms with Gasteiger partial charge in [0.1, 0.15) is 13.2 Å². The molecule has 0 aromatic carbocycles. The lowest BCUT2D eigenvalue weighted by Gasteiger charge is -2.38. The van der Waals surface area contributed by atoms with E-state index in [2.05, 4.69) is 27.4 Å². The van der Waals surface area contributed by atoms with E-state index in [0.717, 1.165) is 17.6 Å². The SMILES string of the molecule is C=C(C)C(=O)OCC[N+](CC)(CCCC)CCCCCCCCCCCC. The van der Waals surface area contributed by atoms with E-state index in [9.17, 15) is 4.79 Å². The van der Waals surface area contributed by atoms with E-state index >= 15 is 0 Å². The van der Waals surface area contributed by atoms with Gasteiger partial charge >= 0.3 is 5.97 Å². The van der Waals surface area contributed by atoms with Crippen LogP contribution in [0.2, 0.25) is 0 Å². The molecule has 0 bridgehead atoms. The molecule has 3 nitrogen and oxygen atoms in total. The minimum Gasteiger partial charge on any atom is -0.456 e. The van der Waals surface area contributed by atoms with Gasteiger partial charge in [0.25, 0.3) is 0 Å². The number of esters is 1. The van der Waals surface area contributed by atoms with Crippen LogP contribution in [0.4, 0.5) is 0 Å². The lowest BCUT2D eigenvalue weighted by atomic mass is 10.1. The van der Waals surface area contributed by atoms with Gasteiger partial charge in [0.05, 0.1) is 19.6 Å². The lowest BCUT2D eigenvalue weighted by Crippen LogP contribution is -2.51. The van der Waals surface area contributed by atoms with Gasteiger partial charge in [-0.1, -0.05) is 78.2 Å². The molecule has 160 valence electrons. The Balaban J connectivity index is 4.09. The van der Waals surface area contributed by atoms with Gasteiger partial charge in [-0.25, -0.2) is 4.79 Å². The van der Waals surface area contributed by atoms with Crippen LogP contribution >= 0.6 is 0 Å². The zero-order valence-corrected chi connectivity index (χ0v) is 19.0. The van der Waals surface area contributed by atoms with Crippen LogP contribution in [0.3, 0.4) is 0 Å². The van der Waals surface area contributed by atoms with Crippen LogP contribution < -0.4 is 0 Å². The number of hydrogen-bond acceptors (Lipinski definition) is 2. The highest BCUT2D eigenvalue weighted by molar-refractivity contribution is 5.86. The predicted molar refractivity (Wildman–Crippen MR) is 118 cm³/mol. The van der Waals surface area contributed by atoms with Gasteiger partial charge in [0.2, 0.25) is 0 Å². The lowest BCUT2D eigenvalue weighted by molar-refractivity contribution is -0.927. The first kappa shape index (κ1) is 26.2. The molecule has 0 aliphatic rings. The Labute approximate surface area is 170 Å². The Morgan fingerprint density at radius 1 is 0.741 bits per heavy atom. The van der Waals surface area contributed by atoms with Gasteiger partial charge in [-0.2, -0.15) is 0 Å². The van der Waals surface area contributed by atoms with E-state index in [0.29, 0.717) is 12.2 Å². The van der Waals surface area contributed by atoms with Crippen molar-refractivity contribution in [3.8, 4) is 0 Å². The molecule has 0 saturated heterocycles. The molecule has 27 heavy (non-hydrogen) atoms. The van der Waals surface area contributed by atoms with Crippen molar-refractivity contribution in [2.75, 3.05) is 32.8 Å². The minimum atomic E-state index is -0.251. The monoisotopic (exact) mass is 382 g/mol. The molecular weight excluding hydrogens is 334 g/mol. The largest absolute Gasteiger partial charge is 0.456 e. The summed E-state index contributed by atoms with van der Waals surface area (Å²) < 4.78 is 6.48. The van der Waals surface area contributed by atoms with Crippen molar-refractivity contribution in [2.45, 2.75) is 105 Å². The van der Waals surface area contributed by atoms with Crippen molar-refractivity contribution >= 4 is 5.97 Å². The smallest absolute Gasteiger partial charge is 0.333 e. The summed E-state index contributed by atoms with van der Waals surface area (Å²) in [6.45, 7) is 17.2. The summed E-state index contributed by atoms with van der Waals surface area (Å²) in [5, 5.41) is 0. The van der Waals surface area contributed by atoms with Gasteiger partial charge in [-0.15, -0.1) is 0 Å². The van der Waals surface area contributed by atoms with Crippen molar-refractivity contribution in [1.82, 2.24) is 0 Å². The van der Waals surface area contributed by atoms with E-state index in [-0.39, 0.29) is 5.97 Å². The topological polar surface area (TPSA) is 26.3 Å². The summed E-state index contributed by atoms with van der Waals surface area (Å²) in [5.41, 5.74) is 0.493. The number of carbonyl (C=O) groups excluding carboxylic acids is 1. The molecule has 1 unspecified atom stereocenters. The molecule has 3 heteroatoms. The highest BCUT2D eigenvalue weighted by atomic mass is 16.5. The molecule has 0 aromatic rings. The third-order valence-corrected chi connectivity index (χ3v) is 5.79. The van der Waals surface area contributed by atoms with Crippen LogP contribution in [0.25, 0.3) is 0 Å². The fourth-order valence-corrected chi connectivity index (χ4v) is 3.69. The second kappa shape index (κ2) is 17.3. The number of nitrogens with zero attached hydrogens (tertiary/aromatic N) is 1. The van der Waals surface area contributed by atoms with Crippen LogP contribution in [0.5, 0.6) is 0 Å². The van der Waals surface area contributed by atoms with Gasteiger partial charge < -0.3 is 9.22 Å². The van der Waals surface area contributed by atoms with Gasteiger partial charge in [0, 0.05) is 5.57 Å². The molecule has 0 saturated carbocycles. The van der Waals surface area contributed by atoms with Crippen molar-refractivity contribution < 1.29 is 14.0 Å². The summed E-state index contributed by atoms with van der Waals surface area (Å²) in [4.78, 5) is 11.6. The molecule has 0 radical (unpaired) electrons. The van der Waals surface area contributed by atoms with E-state index in [1.165, 1.54) is 90.1 Å². The average Bonchev–Trinajstić information content (AvgIpc) is 2.66. The average molecular weight is 383 g/mol. The second-order valence-corrected chi connectivity index (χ2v) is 8.28. The number of hydrogen-bond donors (Lipinski definition) is 0. The Bertz CT molecular complexity index is 381. The third-order valence-electron chi connectivity index (χ3n) is 5.79. The molecule has 0 rings (SSSR count). The van der Waals surface area contributed by atoms with E-state index in [1.807, 2.05) is 0 Å². The number of ether oxygens (including phenoxy) is 1. The summed E-state index contributed by atoms with van der Waals surface area (Å²) in [6, 6.07) is 0. The molecule has 1 atom stereocenters. The summed E-state index contributed by atoms with van der Waals surface area (Å²) >= 11 is 0. The molecule has 0 aliphatic carbocycles. The maximum Gasteiger partial charge on any atom is 0.333 e. The molecule has 0 fully saturated rings. The molecule has 0 amide bonds. The molecular formula is C24H48NO2+. The van der Waals surface area contributed by atoms with Crippen molar-refractivity contribution in [1.29, 1.82) is 0 Å². The van der Waals surface area contributed by atoms with Crippen LogP contribution in [0.1, 0.15) is 105 Å².